The lowest BCUT2D eigenvalue weighted by Gasteiger charge is -2.41. The van der Waals surface area contributed by atoms with Crippen LogP contribution in [0.1, 0.15) is 36.7 Å². The van der Waals surface area contributed by atoms with E-state index < -0.39 is 0 Å². The van der Waals surface area contributed by atoms with E-state index >= 15 is 0 Å². The summed E-state index contributed by atoms with van der Waals surface area (Å²) in [6.07, 6.45) is 4.47. The first-order valence-corrected chi connectivity index (χ1v) is 9.29. The van der Waals surface area contributed by atoms with Gasteiger partial charge in [-0.2, -0.15) is 5.10 Å². The molecule has 0 N–H and O–H groups in total. The van der Waals surface area contributed by atoms with E-state index in [-0.39, 0.29) is 24.4 Å². The van der Waals surface area contributed by atoms with Crippen molar-refractivity contribution in [3.05, 3.63) is 42.2 Å². The van der Waals surface area contributed by atoms with E-state index in [9.17, 15) is 9.59 Å². The number of benzene rings is 1. The second-order valence-electron chi connectivity index (χ2n) is 6.75. The van der Waals surface area contributed by atoms with Crippen molar-refractivity contribution in [1.82, 2.24) is 14.7 Å². The first kappa shape index (κ1) is 18.9. The van der Waals surface area contributed by atoms with Crippen LogP contribution in [0.25, 0.3) is 0 Å². The van der Waals surface area contributed by atoms with Gasteiger partial charge < -0.3 is 14.5 Å². The van der Waals surface area contributed by atoms with Gasteiger partial charge in [0.1, 0.15) is 18.0 Å². The quantitative estimate of drug-likeness (QED) is 0.783. The maximum atomic E-state index is 13.0. The van der Waals surface area contributed by atoms with Crippen molar-refractivity contribution < 1.29 is 14.3 Å². The molecule has 7 nitrogen and oxygen atoms in total. The molecule has 1 fully saturated rings. The molecule has 2 amide bonds. The molecule has 1 aromatic carbocycles. The van der Waals surface area contributed by atoms with Crippen molar-refractivity contribution in [3.63, 3.8) is 0 Å². The van der Waals surface area contributed by atoms with Gasteiger partial charge in [-0.05, 0) is 24.6 Å². The molecule has 1 aromatic heterocycles. The van der Waals surface area contributed by atoms with Crippen molar-refractivity contribution in [1.29, 1.82) is 0 Å². The molecule has 0 aliphatic carbocycles. The number of aryl methyl sites for hydroxylation is 1. The highest BCUT2D eigenvalue weighted by molar-refractivity contribution is 6.02. The lowest BCUT2D eigenvalue weighted by Crippen LogP contribution is -2.58. The Bertz CT molecular complexity index is 817. The predicted molar refractivity (Wildman–Crippen MR) is 103 cm³/mol. The summed E-state index contributed by atoms with van der Waals surface area (Å²) in [5.74, 6) is 0.401. The lowest BCUT2D eigenvalue weighted by molar-refractivity contribution is -0.121. The number of carbonyl (C=O) groups is 2. The zero-order valence-corrected chi connectivity index (χ0v) is 16.1. The summed E-state index contributed by atoms with van der Waals surface area (Å²) in [4.78, 5) is 29.4. The van der Waals surface area contributed by atoms with Crippen LogP contribution in [-0.2, 0) is 11.8 Å². The predicted octanol–water partition coefficient (Wildman–Crippen LogP) is 2.48. The van der Waals surface area contributed by atoms with Gasteiger partial charge in [-0.3, -0.25) is 14.3 Å². The third-order valence-electron chi connectivity index (χ3n) is 5.01. The Morgan fingerprint density at radius 3 is 2.74 bits per heavy atom. The maximum absolute atomic E-state index is 13.0. The highest BCUT2D eigenvalue weighted by Crippen LogP contribution is 2.31. The molecule has 0 radical (unpaired) electrons. The van der Waals surface area contributed by atoms with E-state index in [1.54, 1.807) is 40.9 Å². The second-order valence-corrected chi connectivity index (χ2v) is 6.75. The molecule has 1 aliphatic heterocycles. The summed E-state index contributed by atoms with van der Waals surface area (Å²) in [5, 5.41) is 4.08. The number of anilines is 1. The number of aromatic nitrogens is 2. The molecule has 2 aromatic rings. The van der Waals surface area contributed by atoms with Crippen LogP contribution in [0.3, 0.4) is 0 Å². The number of unbranched alkanes of at least 4 members (excludes halogenated alkanes) is 1. The van der Waals surface area contributed by atoms with Crippen LogP contribution in [0.5, 0.6) is 5.75 Å². The summed E-state index contributed by atoms with van der Waals surface area (Å²) < 4.78 is 6.98. The molecule has 0 bridgehead atoms. The zero-order valence-electron chi connectivity index (χ0n) is 16.1. The number of amides is 2. The third kappa shape index (κ3) is 3.82. The molecule has 144 valence electrons. The maximum Gasteiger partial charge on any atom is 0.272 e. The van der Waals surface area contributed by atoms with Crippen LogP contribution in [0.4, 0.5) is 5.69 Å². The fourth-order valence-electron chi connectivity index (χ4n) is 3.51. The van der Waals surface area contributed by atoms with E-state index in [0.717, 1.165) is 24.9 Å². The number of ether oxygens (including phenoxy) is 1. The molecule has 7 heteroatoms. The van der Waals surface area contributed by atoms with Crippen LogP contribution < -0.4 is 9.64 Å². The van der Waals surface area contributed by atoms with Gasteiger partial charge in [0.05, 0.1) is 18.8 Å². The normalized spacial score (nSPS) is 17.3. The van der Waals surface area contributed by atoms with E-state index in [1.165, 1.54) is 0 Å². The average molecular weight is 370 g/mol. The summed E-state index contributed by atoms with van der Waals surface area (Å²) in [6.45, 7) is 2.64. The molecule has 0 spiro atoms. The monoisotopic (exact) mass is 370 g/mol. The van der Waals surface area contributed by atoms with Gasteiger partial charge >= 0.3 is 0 Å². The van der Waals surface area contributed by atoms with Gasteiger partial charge in [0, 0.05) is 19.8 Å². The molecular formula is C20H26N4O3. The number of carbonyl (C=O) groups excluding carboxylic acids is 2. The summed E-state index contributed by atoms with van der Waals surface area (Å²) in [7, 11) is 3.33. The molecule has 1 saturated heterocycles. The van der Waals surface area contributed by atoms with Gasteiger partial charge in [-0.1, -0.05) is 31.9 Å². The minimum atomic E-state index is -0.149. The van der Waals surface area contributed by atoms with Crippen LogP contribution in [0.2, 0.25) is 0 Å². The van der Waals surface area contributed by atoms with E-state index in [4.69, 9.17) is 4.74 Å². The average Bonchev–Trinajstić information content (AvgIpc) is 3.12. The Balaban J connectivity index is 1.89. The molecule has 0 saturated carbocycles. The molecule has 3 rings (SSSR count). The van der Waals surface area contributed by atoms with Gasteiger partial charge in [-0.15, -0.1) is 0 Å². The van der Waals surface area contributed by atoms with Crippen LogP contribution in [0, 0.1) is 0 Å². The second kappa shape index (κ2) is 8.24. The van der Waals surface area contributed by atoms with E-state index in [1.807, 2.05) is 24.3 Å². The summed E-state index contributed by atoms with van der Waals surface area (Å²) >= 11 is 0. The highest BCUT2D eigenvalue weighted by Gasteiger charge is 2.37. The number of rotatable bonds is 6. The van der Waals surface area contributed by atoms with E-state index in [2.05, 4.69) is 12.0 Å². The number of hydrogen-bond acceptors (Lipinski definition) is 4. The fourth-order valence-corrected chi connectivity index (χ4v) is 3.51. The molecule has 1 aliphatic rings. The number of nitrogens with zero attached hydrogens (tertiary/aromatic N) is 4. The zero-order chi connectivity index (χ0) is 19.4. The number of para-hydroxylation sites is 2. The lowest BCUT2D eigenvalue weighted by atomic mass is 10.0. The molecule has 1 unspecified atom stereocenters. The molecule has 27 heavy (non-hydrogen) atoms. The van der Waals surface area contributed by atoms with Gasteiger partial charge in [0.2, 0.25) is 5.91 Å². The number of hydrogen-bond donors (Lipinski definition) is 0. The third-order valence-corrected chi connectivity index (χ3v) is 5.01. The highest BCUT2D eigenvalue weighted by atomic mass is 16.5. The van der Waals surface area contributed by atoms with Gasteiger partial charge in [0.25, 0.3) is 5.91 Å². The molecular weight excluding hydrogens is 344 g/mol. The van der Waals surface area contributed by atoms with Crippen molar-refractivity contribution >= 4 is 17.5 Å². The van der Waals surface area contributed by atoms with Crippen LogP contribution >= 0.6 is 0 Å². The molecule has 2 heterocycles. The minimum Gasteiger partial charge on any atom is -0.495 e. The van der Waals surface area contributed by atoms with Crippen molar-refractivity contribution in [2.24, 2.45) is 7.05 Å². The number of piperazine rings is 1. The van der Waals surface area contributed by atoms with Crippen molar-refractivity contribution in [3.8, 4) is 5.75 Å². The Kier molecular flexibility index (Phi) is 5.78. The first-order chi connectivity index (χ1) is 13.1. The first-order valence-electron chi connectivity index (χ1n) is 9.29. The summed E-state index contributed by atoms with van der Waals surface area (Å²) in [6, 6.07) is 9.14. The van der Waals surface area contributed by atoms with Gasteiger partial charge in [-0.25, -0.2) is 0 Å². The van der Waals surface area contributed by atoms with E-state index in [0.29, 0.717) is 18.0 Å². The SMILES string of the molecule is CCCCC1CN(c2ccccc2OC)C(=O)CN1C(=O)c1ccnn1C. The van der Waals surface area contributed by atoms with Crippen molar-refractivity contribution in [2.45, 2.75) is 32.2 Å². The minimum absolute atomic E-state index is 0.0463. The topological polar surface area (TPSA) is 67.7 Å². The molecule has 1 atom stereocenters. The number of methoxy groups -OCH3 is 1. The van der Waals surface area contributed by atoms with Crippen LogP contribution in [0.15, 0.2) is 36.5 Å². The summed E-state index contributed by atoms with van der Waals surface area (Å²) in [5.41, 5.74) is 1.24. The fraction of sp³-hybridized carbons (Fsp3) is 0.450. The smallest absolute Gasteiger partial charge is 0.272 e. The van der Waals surface area contributed by atoms with Gasteiger partial charge in [0.15, 0.2) is 0 Å². The Morgan fingerprint density at radius 2 is 2.07 bits per heavy atom. The largest absolute Gasteiger partial charge is 0.495 e. The van der Waals surface area contributed by atoms with Crippen LogP contribution in [-0.4, -0.2) is 52.7 Å². The Hall–Kier alpha value is -2.83. The Labute approximate surface area is 159 Å². The standard InChI is InChI=1S/C20H26N4O3/c1-4-5-8-15-13-24(16-9-6-7-10-18(16)27-3)19(25)14-23(15)20(26)17-11-12-21-22(17)2/h6-7,9-12,15H,4-5,8,13-14H2,1-3H3. The Morgan fingerprint density at radius 1 is 1.30 bits per heavy atom. The van der Waals surface area contributed by atoms with Crippen molar-refractivity contribution in [2.75, 3.05) is 25.1 Å².